The van der Waals surface area contributed by atoms with Crippen molar-refractivity contribution in [3.8, 4) is 0 Å². The molecule has 3 aromatic rings. The third-order valence-electron chi connectivity index (χ3n) is 6.26. The number of amides is 1. The van der Waals surface area contributed by atoms with Gasteiger partial charge in [-0.15, -0.1) is 0 Å². The third kappa shape index (κ3) is 6.19. The average molecular weight is 499 g/mol. The quantitative estimate of drug-likeness (QED) is 0.296. The summed E-state index contributed by atoms with van der Waals surface area (Å²) in [6.07, 6.45) is 1.08. The van der Waals surface area contributed by atoms with E-state index in [9.17, 15) is 9.59 Å². The number of nitrogens with one attached hydrogen (secondary N) is 2. The molecule has 192 valence electrons. The van der Waals surface area contributed by atoms with E-state index in [4.69, 9.17) is 4.74 Å². The van der Waals surface area contributed by atoms with Gasteiger partial charge in [-0.3, -0.25) is 4.79 Å². The van der Waals surface area contributed by atoms with Crippen LogP contribution in [0.4, 0.5) is 17.1 Å². The maximum atomic E-state index is 13.2. The van der Waals surface area contributed by atoms with Gasteiger partial charge in [-0.2, -0.15) is 0 Å². The summed E-state index contributed by atoms with van der Waals surface area (Å²) in [5.74, 6) is -0.634. The summed E-state index contributed by atoms with van der Waals surface area (Å²) in [5, 5.41) is 6.41. The van der Waals surface area contributed by atoms with Crippen LogP contribution < -0.4 is 15.5 Å². The first-order valence-corrected chi connectivity index (χ1v) is 12.5. The van der Waals surface area contributed by atoms with Crippen LogP contribution >= 0.6 is 0 Å². The molecule has 1 aliphatic heterocycles. The van der Waals surface area contributed by atoms with Crippen LogP contribution in [0.5, 0.6) is 0 Å². The summed E-state index contributed by atoms with van der Waals surface area (Å²) in [7, 11) is 6.27. The van der Waals surface area contributed by atoms with Crippen LogP contribution in [-0.4, -0.2) is 57.6 Å². The minimum Gasteiger partial charge on any atom is -0.462 e. The molecule has 0 atom stereocenters. The second-order valence-electron chi connectivity index (χ2n) is 9.30. The van der Waals surface area contributed by atoms with Gasteiger partial charge in [0, 0.05) is 30.5 Å². The van der Waals surface area contributed by atoms with Crippen molar-refractivity contribution < 1.29 is 14.3 Å². The first-order chi connectivity index (χ1) is 17.9. The number of hydrogen-bond donors (Lipinski definition) is 2. The highest BCUT2D eigenvalue weighted by Crippen LogP contribution is 2.38. The summed E-state index contributed by atoms with van der Waals surface area (Å²) >= 11 is 0. The molecular formula is C30H34N4O3. The molecule has 37 heavy (non-hydrogen) atoms. The summed E-state index contributed by atoms with van der Waals surface area (Å²) in [4.78, 5) is 29.8. The van der Waals surface area contributed by atoms with Crippen LogP contribution in [0.25, 0.3) is 11.3 Å². The van der Waals surface area contributed by atoms with Crippen molar-refractivity contribution in [3.05, 3.63) is 89.5 Å². The number of rotatable bonds is 10. The Labute approximate surface area is 218 Å². The van der Waals surface area contributed by atoms with Gasteiger partial charge >= 0.3 is 5.97 Å². The van der Waals surface area contributed by atoms with Gasteiger partial charge in [0.25, 0.3) is 5.91 Å². The Hall–Kier alpha value is -4.10. The number of anilines is 3. The molecule has 1 aliphatic rings. The van der Waals surface area contributed by atoms with Gasteiger partial charge in [0.2, 0.25) is 0 Å². The Morgan fingerprint density at radius 3 is 2.32 bits per heavy atom. The van der Waals surface area contributed by atoms with Gasteiger partial charge in [0.15, 0.2) is 0 Å². The van der Waals surface area contributed by atoms with Gasteiger partial charge < -0.3 is 25.2 Å². The molecule has 1 heterocycles. The number of carbonyl (C=O) groups excluding carboxylic acids is 2. The van der Waals surface area contributed by atoms with Crippen LogP contribution in [-0.2, 0) is 9.53 Å². The lowest BCUT2D eigenvalue weighted by Gasteiger charge is -2.21. The molecule has 7 heteroatoms. The fourth-order valence-electron chi connectivity index (χ4n) is 4.34. The standard InChI is InChI=1S/C30H34N4O3/c1-5-37-30(36)22-12-17-25-26(20-22)32-29(35)27(25)28(21-10-7-6-8-11-21)31-23-13-15-24(16-14-23)34(4)19-9-18-33(2)3/h6-8,10-17,20,31H,5,9,18-19H2,1-4H3,(H,32,35). The Morgan fingerprint density at radius 1 is 0.919 bits per heavy atom. The fraction of sp³-hybridized carbons (Fsp3) is 0.267. The Morgan fingerprint density at radius 2 is 1.65 bits per heavy atom. The summed E-state index contributed by atoms with van der Waals surface area (Å²) < 4.78 is 5.11. The van der Waals surface area contributed by atoms with Crippen molar-refractivity contribution in [2.24, 2.45) is 0 Å². The van der Waals surface area contributed by atoms with E-state index in [1.54, 1.807) is 25.1 Å². The Balaban J connectivity index is 1.65. The number of carbonyl (C=O) groups is 2. The minimum atomic E-state index is -0.412. The number of esters is 1. The van der Waals surface area contributed by atoms with Crippen molar-refractivity contribution in [3.63, 3.8) is 0 Å². The second-order valence-corrected chi connectivity index (χ2v) is 9.30. The van der Waals surface area contributed by atoms with Gasteiger partial charge in [0.1, 0.15) is 0 Å². The molecule has 0 fully saturated rings. The molecule has 0 saturated heterocycles. The Kier molecular flexibility index (Phi) is 8.25. The first-order valence-electron chi connectivity index (χ1n) is 12.5. The van der Waals surface area contributed by atoms with Crippen molar-refractivity contribution in [1.82, 2.24) is 4.90 Å². The van der Waals surface area contributed by atoms with Gasteiger partial charge in [-0.05, 0) is 75.9 Å². The number of ether oxygens (including phenoxy) is 1. The zero-order chi connectivity index (χ0) is 26.4. The minimum absolute atomic E-state index is 0.223. The van der Waals surface area contributed by atoms with Crippen molar-refractivity contribution in [2.45, 2.75) is 13.3 Å². The molecule has 1 amide bonds. The number of hydrogen-bond acceptors (Lipinski definition) is 6. The second kappa shape index (κ2) is 11.8. The van der Waals surface area contributed by atoms with Crippen molar-refractivity contribution in [2.75, 3.05) is 56.4 Å². The SMILES string of the molecule is CCOC(=O)c1ccc2c(c1)NC(=O)C2=C(Nc1ccc(N(C)CCCN(C)C)cc1)c1ccccc1. The molecule has 0 bridgehead atoms. The van der Waals surface area contributed by atoms with Crippen LogP contribution in [0.1, 0.15) is 34.8 Å². The lowest BCUT2D eigenvalue weighted by Crippen LogP contribution is -2.23. The molecule has 0 spiro atoms. The normalized spacial score (nSPS) is 13.7. The topological polar surface area (TPSA) is 73.9 Å². The van der Waals surface area contributed by atoms with Gasteiger partial charge in [0.05, 0.1) is 29.1 Å². The number of benzene rings is 3. The molecular weight excluding hydrogens is 464 g/mol. The maximum absolute atomic E-state index is 13.2. The molecule has 0 aliphatic carbocycles. The van der Waals surface area contributed by atoms with E-state index in [2.05, 4.69) is 53.7 Å². The Bertz CT molecular complexity index is 1280. The lowest BCUT2D eigenvalue weighted by molar-refractivity contribution is -0.110. The predicted octanol–water partition coefficient (Wildman–Crippen LogP) is 5.18. The molecule has 2 N–H and O–H groups in total. The number of fused-ring (bicyclic) bond motifs is 1. The van der Waals surface area contributed by atoms with E-state index < -0.39 is 5.97 Å². The van der Waals surface area contributed by atoms with Crippen molar-refractivity contribution in [1.29, 1.82) is 0 Å². The zero-order valence-electron chi connectivity index (χ0n) is 21.9. The monoisotopic (exact) mass is 498 g/mol. The largest absolute Gasteiger partial charge is 0.462 e. The van der Waals surface area contributed by atoms with E-state index >= 15 is 0 Å². The van der Waals surface area contributed by atoms with Crippen LogP contribution in [0.2, 0.25) is 0 Å². The predicted molar refractivity (Wildman–Crippen MR) is 151 cm³/mol. The van der Waals surface area contributed by atoms with E-state index in [-0.39, 0.29) is 5.91 Å². The summed E-state index contributed by atoms with van der Waals surface area (Å²) in [6.45, 7) is 4.07. The van der Waals surface area contributed by atoms with E-state index in [1.807, 2.05) is 42.5 Å². The maximum Gasteiger partial charge on any atom is 0.338 e. The third-order valence-corrected chi connectivity index (χ3v) is 6.26. The van der Waals surface area contributed by atoms with Gasteiger partial charge in [-0.25, -0.2) is 4.79 Å². The average Bonchev–Trinajstić information content (AvgIpc) is 3.22. The molecule has 7 nitrogen and oxygen atoms in total. The van der Waals surface area contributed by atoms with Crippen LogP contribution in [0.15, 0.2) is 72.8 Å². The smallest absolute Gasteiger partial charge is 0.338 e. The highest BCUT2D eigenvalue weighted by Gasteiger charge is 2.29. The van der Waals surface area contributed by atoms with E-state index in [1.165, 1.54) is 0 Å². The molecule has 0 radical (unpaired) electrons. The fourth-order valence-corrected chi connectivity index (χ4v) is 4.34. The van der Waals surface area contributed by atoms with Gasteiger partial charge in [-0.1, -0.05) is 36.4 Å². The lowest BCUT2D eigenvalue weighted by atomic mass is 9.99. The molecule has 0 unspecified atom stereocenters. The molecule has 3 aromatic carbocycles. The van der Waals surface area contributed by atoms with Crippen LogP contribution in [0, 0.1) is 0 Å². The highest BCUT2D eigenvalue weighted by atomic mass is 16.5. The summed E-state index contributed by atoms with van der Waals surface area (Å²) in [6, 6.07) is 23.2. The first kappa shape index (κ1) is 26.0. The van der Waals surface area contributed by atoms with Crippen LogP contribution in [0.3, 0.4) is 0 Å². The molecule has 0 aromatic heterocycles. The van der Waals surface area contributed by atoms with E-state index in [0.717, 1.165) is 42.0 Å². The molecule has 0 saturated carbocycles. The van der Waals surface area contributed by atoms with Crippen molar-refractivity contribution >= 4 is 40.2 Å². The zero-order valence-corrected chi connectivity index (χ0v) is 21.9. The number of nitrogens with zero attached hydrogens (tertiary/aromatic N) is 2. The summed E-state index contributed by atoms with van der Waals surface area (Å²) in [5.41, 5.74) is 5.86. The highest BCUT2D eigenvalue weighted by molar-refractivity contribution is 6.37. The van der Waals surface area contributed by atoms with E-state index in [0.29, 0.717) is 29.1 Å². The molecule has 4 rings (SSSR count).